The first-order chi connectivity index (χ1) is 7.13. The van der Waals surface area contributed by atoms with Crippen molar-refractivity contribution in [2.45, 2.75) is 20.3 Å². The van der Waals surface area contributed by atoms with Crippen LogP contribution in [0.25, 0.3) is 0 Å². The van der Waals surface area contributed by atoms with Crippen molar-refractivity contribution in [3.05, 3.63) is 29.6 Å². The molecular formula is C12H17FO2. The monoisotopic (exact) mass is 212 g/mol. The second-order valence-corrected chi connectivity index (χ2v) is 3.93. The van der Waals surface area contributed by atoms with E-state index < -0.39 is 0 Å². The van der Waals surface area contributed by atoms with Gasteiger partial charge in [-0.3, -0.25) is 0 Å². The van der Waals surface area contributed by atoms with Crippen LogP contribution >= 0.6 is 0 Å². The molecule has 0 amide bonds. The predicted octanol–water partition coefficient (Wildman–Crippen LogP) is 2.40. The molecule has 0 aromatic heterocycles. The van der Waals surface area contributed by atoms with Crippen LogP contribution in [0.4, 0.5) is 4.39 Å². The van der Waals surface area contributed by atoms with E-state index in [1.807, 2.05) is 0 Å². The fourth-order valence-corrected chi connectivity index (χ4v) is 1.26. The maximum Gasteiger partial charge on any atom is 0.123 e. The first-order valence-corrected chi connectivity index (χ1v) is 5.15. The molecule has 0 saturated carbocycles. The molecule has 0 unspecified atom stereocenters. The van der Waals surface area contributed by atoms with Gasteiger partial charge in [-0.25, -0.2) is 4.39 Å². The Hall–Kier alpha value is -1.09. The molecule has 84 valence electrons. The number of ether oxygens (including phenoxy) is 1. The number of benzene rings is 1. The van der Waals surface area contributed by atoms with E-state index in [4.69, 9.17) is 9.84 Å². The number of hydrogen-bond donors (Lipinski definition) is 1. The predicted molar refractivity (Wildman–Crippen MR) is 57.5 cm³/mol. The van der Waals surface area contributed by atoms with E-state index in [-0.39, 0.29) is 12.4 Å². The molecule has 0 fully saturated rings. The molecule has 1 aromatic carbocycles. The fourth-order valence-electron chi connectivity index (χ4n) is 1.26. The van der Waals surface area contributed by atoms with Gasteiger partial charge in [-0.1, -0.05) is 13.8 Å². The van der Waals surface area contributed by atoms with E-state index in [1.165, 1.54) is 12.1 Å². The smallest absolute Gasteiger partial charge is 0.123 e. The lowest BCUT2D eigenvalue weighted by molar-refractivity contribution is 0.262. The number of aliphatic hydroxyl groups is 1. The number of rotatable bonds is 5. The highest BCUT2D eigenvalue weighted by molar-refractivity contribution is 5.34. The van der Waals surface area contributed by atoms with Gasteiger partial charge in [0.05, 0.1) is 6.61 Å². The van der Waals surface area contributed by atoms with Crippen molar-refractivity contribution in [3.63, 3.8) is 0 Å². The standard InChI is InChI=1S/C12H17FO2/c1-9(2)8-15-12-4-3-11(13)7-10(12)5-6-14/h3-4,7,9,14H,5-6,8H2,1-2H3. The van der Waals surface area contributed by atoms with E-state index >= 15 is 0 Å². The Kier molecular flexibility index (Phi) is 4.56. The van der Waals surface area contributed by atoms with Crippen molar-refractivity contribution in [2.24, 2.45) is 5.92 Å². The summed E-state index contributed by atoms with van der Waals surface area (Å²) in [5, 5.41) is 8.83. The first-order valence-electron chi connectivity index (χ1n) is 5.15. The van der Waals surface area contributed by atoms with Crippen LogP contribution < -0.4 is 4.74 Å². The third-order valence-electron chi connectivity index (χ3n) is 1.98. The van der Waals surface area contributed by atoms with Gasteiger partial charge in [0.1, 0.15) is 11.6 Å². The highest BCUT2D eigenvalue weighted by atomic mass is 19.1. The van der Waals surface area contributed by atoms with Crippen LogP contribution in [0.5, 0.6) is 5.75 Å². The van der Waals surface area contributed by atoms with Crippen molar-refractivity contribution >= 4 is 0 Å². The molecule has 1 aromatic rings. The summed E-state index contributed by atoms with van der Waals surface area (Å²) < 4.78 is 18.5. The minimum Gasteiger partial charge on any atom is -0.493 e. The molecule has 1 N–H and O–H groups in total. The third-order valence-corrected chi connectivity index (χ3v) is 1.98. The minimum absolute atomic E-state index is 0.00148. The molecular weight excluding hydrogens is 195 g/mol. The lowest BCUT2D eigenvalue weighted by Crippen LogP contribution is -2.07. The third kappa shape index (κ3) is 3.88. The van der Waals surface area contributed by atoms with E-state index in [9.17, 15) is 4.39 Å². The molecule has 0 aliphatic heterocycles. The molecule has 0 spiro atoms. The van der Waals surface area contributed by atoms with Gasteiger partial charge in [0.15, 0.2) is 0 Å². The molecule has 1 rings (SSSR count). The van der Waals surface area contributed by atoms with E-state index in [1.54, 1.807) is 6.07 Å². The molecule has 0 bridgehead atoms. The average Bonchev–Trinajstić information content (AvgIpc) is 2.17. The lowest BCUT2D eigenvalue weighted by atomic mass is 10.1. The Morgan fingerprint density at radius 1 is 1.40 bits per heavy atom. The number of halogens is 1. The molecule has 2 nitrogen and oxygen atoms in total. The minimum atomic E-state index is -0.296. The van der Waals surface area contributed by atoms with Crippen LogP contribution in [-0.4, -0.2) is 18.3 Å². The summed E-state index contributed by atoms with van der Waals surface area (Å²) in [6.07, 6.45) is 0.422. The van der Waals surface area contributed by atoms with Crippen molar-refractivity contribution < 1.29 is 14.2 Å². The van der Waals surface area contributed by atoms with Crippen molar-refractivity contribution in [3.8, 4) is 5.75 Å². The van der Waals surface area contributed by atoms with Gasteiger partial charge in [-0.2, -0.15) is 0 Å². The molecule has 3 heteroatoms. The fraction of sp³-hybridized carbons (Fsp3) is 0.500. The normalized spacial score (nSPS) is 10.7. The van der Waals surface area contributed by atoms with Crippen LogP contribution in [0.3, 0.4) is 0 Å². The van der Waals surface area contributed by atoms with Crippen LogP contribution in [0, 0.1) is 11.7 Å². The van der Waals surface area contributed by atoms with Crippen LogP contribution in [-0.2, 0) is 6.42 Å². The molecule has 15 heavy (non-hydrogen) atoms. The number of hydrogen-bond acceptors (Lipinski definition) is 2. The van der Waals surface area contributed by atoms with Gasteiger partial charge in [0.25, 0.3) is 0 Å². The lowest BCUT2D eigenvalue weighted by Gasteiger charge is -2.12. The summed E-state index contributed by atoms with van der Waals surface area (Å²) in [4.78, 5) is 0. The highest BCUT2D eigenvalue weighted by Crippen LogP contribution is 2.20. The zero-order valence-corrected chi connectivity index (χ0v) is 9.16. The molecule has 0 aliphatic carbocycles. The summed E-state index contributed by atoms with van der Waals surface area (Å²) >= 11 is 0. The molecule has 0 radical (unpaired) electrons. The van der Waals surface area contributed by atoms with Gasteiger partial charge in [-0.15, -0.1) is 0 Å². The zero-order valence-electron chi connectivity index (χ0n) is 9.16. The molecule has 0 atom stereocenters. The Morgan fingerprint density at radius 3 is 2.73 bits per heavy atom. The van der Waals surface area contributed by atoms with Crippen LogP contribution in [0.1, 0.15) is 19.4 Å². The summed E-state index contributed by atoms with van der Waals surface area (Å²) in [5.74, 6) is 0.798. The van der Waals surface area contributed by atoms with Gasteiger partial charge < -0.3 is 9.84 Å². The summed E-state index contributed by atoms with van der Waals surface area (Å²) in [6.45, 7) is 4.70. The van der Waals surface area contributed by atoms with E-state index in [0.29, 0.717) is 24.7 Å². The Bertz CT molecular complexity index is 310. The second kappa shape index (κ2) is 5.71. The maximum atomic E-state index is 12.9. The van der Waals surface area contributed by atoms with Crippen LogP contribution in [0.15, 0.2) is 18.2 Å². The van der Waals surface area contributed by atoms with Gasteiger partial charge in [0.2, 0.25) is 0 Å². The largest absolute Gasteiger partial charge is 0.493 e. The zero-order chi connectivity index (χ0) is 11.3. The van der Waals surface area contributed by atoms with Crippen molar-refractivity contribution in [1.29, 1.82) is 0 Å². The maximum absolute atomic E-state index is 12.9. The van der Waals surface area contributed by atoms with Gasteiger partial charge in [0, 0.05) is 6.61 Å². The molecule has 0 aliphatic rings. The van der Waals surface area contributed by atoms with E-state index in [0.717, 1.165) is 5.56 Å². The topological polar surface area (TPSA) is 29.5 Å². The highest BCUT2D eigenvalue weighted by Gasteiger charge is 2.05. The molecule has 0 saturated heterocycles. The van der Waals surface area contributed by atoms with Crippen molar-refractivity contribution in [2.75, 3.05) is 13.2 Å². The summed E-state index contributed by atoms with van der Waals surface area (Å²) in [7, 11) is 0. The van der Waals surface area contributed by atoms with E-state index in [2.05, 4.69) is 13.8 Å². The quantitative estimate of drug-likeness (QED) is 0.812. The first kappa shape index (κ1) is 12.0. The van der Waals surface area contributed by atoms with Gasteiger partial charge in [-0.05, 0) is 36.1 Å². The average molecular weight is 212 g/mol. The number of aliphatic hydroxyl groups excluding tert-OH is 1. The Balaban J connectivity index is 2.76. The Morgan fingerprint density at radius 2 is 2.13 bits per heavy atom. The van der Waals surface area contributed by atoms with Crippen LogP contribution in [0.2, 0.25) is 0 Å². The van der Waals surface area contributed by atoms with Gasteiger partial charge >= 0.3 is 0 Å². The second-order valence-electron chi connectivity index (χ2n) is 3.93. The molecule has 0 heterocycles. The summed E-state index contributed by atoms with van der Waals surface area (Å²) in [6, 6.07) is 4.39. The SMILES string of the molecule is CC(C)COc1ccc(F)cc1CCO. The Labute approximate surface area is 89.7 Å². The van der Waals surface area contributed by atoms with Crippen molar-refractivity contribution in [1.82, 2.24) is 0 Å². The summed E-state index contributed by atoms with van der Waals surface area (Å²) in [5.41, 5.74) is 0.721.